The molecule has 0 aromatic heterocycles. The summed E-state index contributed by atoms with van der Waals surface area (Å²) < 4.78 is 24.2. The number of rotatable bonds is 2. The molecule has 1 unspecified atom stereocenters. The Balaban J connectivity index is 2.33. The van der Waals surface area contributed by atoms with E-state index in [0.29, 0.717) is 0 Å². The van der Waals surface area contributed by atoms with Gasteiger partial charge in [0.1, 0.15) is 5.92 Å². The Bertz CT molecular complexity index is 158. The fourth-order valence-corrected chi connectivity index (χ4v) is 0.744. The summed E-state index contributed by atoms with van der Waals surface area (Å²) in [5.74, 6) is -4.42. The number of carbonyl (C=O) groups is 1. The van der Waals surface area contributed by atoms with Crippen molar-refractivity contribution in [2.75, 3.05) is 6.54 Å². The minimum absolute atomic E-state index is 0.172. The van der Waals surface area contributed by atoms with Crippen molar-refractivity contribution in [1.82, 2.24) is 5.32 Å². The van der Waals surface area contributed by atoms with Gasteiger partial charge in [-0.05, 0) is 6.92 Å². The monoisotopic (exact) mass is 148 g/mol. The minimum Gasteiger partial charge on any atom is -0.356 e. The molecular weight excluding hydrogens is 140 g/mol. The fourth-order valence-electron chi connectivity index (χ4n) is 0.744. The van der Waals surface area contributed by atoms with E-state index in [0.717, 1.165) is 0 Å². The van der Waals surface area contributed by atoms with Gasteiger partial charge in [0.15, 0.2) is 0 Å². The molecule has 10 heavy (non-hydrogen) atoms. The summed E-state index contributed by atoms with van der Waals surface area (Å²) in [5, 5.41) is 2.23. The van der Waals surface area contributed by atoms with Crippen LogP contribution in [-0.4, -0.2) is 18.4 Å². The lowest BCUT2D eigenvalue weighted by Gasteiger charge is -1.98. The molecule has 57 valence electrons. The Morgan fingerprint density at radius 1 is 1.80 bits per heavy atom. The molecule has 1 atom stereocenters. The number of hydrogen-bond donors (Lipinski definition) is 1. The summed E-state index contributed by atoms with van der Waals surface area (Å²) in [6.07, 6.45) is -0.307. The first-order valence-corrected chi connectivity index (χ1v) is 3.02. The molecular formula is C6H8F2NO. The average molecular weight is 148 g/mol. The van der Waals surface area contributed by atoms with E-state index < -0.39 is 17.7 Å². The van der Waals surface area contributed by atoms with E-state index in [1.54, 1.807) is 0 Å². The molecule has 0 bridgehead atoms. The highest BCUT2D eigenvalue weighted by molar-refractivity contribution is 5.82. The van der Waals surface area contributed by atoms with Gasteiger partial charge in [-0.1, -0.05) is 0 Å². The summed E-state index contributed by atoms with van der Waals surface area (Å²) in [5.41, 5.74) is 0. The Hall–Kier alpha value is -0.670. The van der Waals surface area contributed by atoms with Gasteiger partial charge >= 0.3 is 0 Å². The number of alkyl halides is 2. The van der Waals surface area contributed by atoms with E-state index in [9.17, 15) is 13.6 Å². The zero-order valence-electron chi connectivity index (χ0n) is 5.36. The van der Waals surface area contributed by atoms with Gasteiger partial charge in [0.05, 0.1) is 0 Å². The third-order valence-electron chi connectivity index (χ3n) is 1.44. The zero-order valence-corrected chi connectivity index (χ0v) is 5.36. The van der Waals surface area contributed by atoms with Crippen molar-refractivity contribution in [1.29, 1.82) is 0 Å². The highest BCUT2D eigenvalue weighted by Crippen LogP contribution is 2.48. The van der Waals surface area contributed by atoms with Crippen molar-refractivity contribution in [3.05, 3.63) is 6.92 Å². The highest BCUT2D eigenvalue weighted by atomic mass is 19.3. The van der Waals surface area contributed by atoms with Gasteiger partial charge in [-0.2, -0.15) is 0 Å². The van der Waals surface area contributed by atoms with Gasteiger partial charge in [-0.25, -0.2) is 8.78 Å². The van der Waals surface area contributed by atoms with Crippen molar-refractivity contribution in [3.63, 3.8) is 0 Å². The van der Waals surface area contributed by atoms with Crippen LogP contribution < -0.4 is 5.32 Å². The smallest absolute Gasteiger partial charge is 0.260 e. The Morgan fingerprint density at radius 2 is 2.30 bits per heavy atom. The molecule has 1 amide bonds. The SMILES string of the molecule is [CH2]CNC(=O)C1CC1(F)F. The maximum atomic E-state index is 12.1. The van der Waals surface area contributed by atoms with Crippen molar-refractivity contribution in [3.8, 4) is 0 Å². The van der Waals surface area contributed by atoms with Crippen molar-refractivity contribution in [2.24, 2.45) is 5.92 Å². The van der Waals surface area contributed by atoms with Crippen LogP contribution in [0.4, 0.5) is 8.78 Å². The van der Waals surface area contributed by atoms with Crippen LogP contribution in [0.1, 0.15) is 6.42 Å². The molecule has 1 fully saturated rings. The zero-order chi connectivity index (χ0) is 7.78. The molecule has 1 N–H and O–H groups in total. The van der Waals surface area contributed by atoms with Crippen LogP contribution in [0.15, 0.2) is 0 Å². The second kappa shape index (κ2) is 2.18. The van der Waals surface area contributed by atoms with Gasteiger partial charge < -0.3 is 5.32 Å². The third kappa shape index (κ3) is 1.25. The molecule has 1 saturated carbocycles. The number of carbonyl (C=O) groups excluding carboxylic acids is 1. The Labute approximate surface area is 57.6 Å². The summed E-state index contributed by atoms with van der Waals surface area (Å²) in [6.45, 7) is 3.48. The number of halogens is 2. The fraction of sp³-hybridized carbons (Fsp3) is 0.667. The first-order chi connectivity index (χ1) is 4.58. The molecule has 1 aliphatic carbocycles. The van der Waals surface area contributed by atoms with Gasteiger partial charge in [0, 0.05) is 13.0 Å². The molecule has 1 aliphatic rings. The second-order valence-electron chi connectivity index (χ2n) is 2.31. The topological polar surface area (TPSA) is 29.1 Å². The molecule has 0 heterocycles. The van der Waals surface area contributed by atoms with E-state index in [-0.39, 0.29) is 13.0 Å². The molecule has 1 radical (unpaired) electrons. The first-order valence-electron chi connectivity index (χ1n) is 3.02. The molecule has 1 rings (SSSR count). The first kappa shape index (κ1) is 7.44. The van der Waals surface area contributed by atoms with Crippen LogP contribution in [0, 0.1) is 12.8 Å². The van der Waals surface area contributed by atoms with E-state index in [1.807, 2.05) is 0 Å². The second-order valence-corrected chi connectivity index (χ2v) is 2.31. The normalized spacial score (nSPS) is 27.7. The van der Waals surface area contributed by atoms with E-state index in [1.165, 1.54) is 0 Å². The van der Waals surface area contributed by atoms with Crippen molar-refractivity contribution < 1.29 is 13.6 Å². The van der Waals surface area contributed by atoms with Crippen LogP contribution in [0.2, 0.25) is 0 Å². The molecule has 4 heteroatoms. The predicted molar refractivity (Wildman–Crippen MR) is 31.4 cm³/mol. The summed E-state index contributed by atoms with van der Waals surface area (Å²) in [4.78, 5) is 10.6. The quantitative estimate of drug-likeness (QED) is 0.610. The Morgan fingerprint density at radius 3 is 2.60 bits per heavy atom. The number of nitrogens with one attached hydrogen (secondary N) is 1. The Kier molecular flexibility index (Phi) is 1.62. The summed E-state index contributed by atoms with van der Waals surface area (Å²) in [7, 11) is 0. The van der Waals surface area contributed by atoms with E-state index in [2.05, 4.69) is 12.2 Å². The van der Waals surface area contributed by atoms with Crippen LogP contribution in [0.5, 0.6) is 0 Å². The maximum Gasteiger partial charge on any atom is 0.260 e. The standard InChI is InChI=1S/C6H8F2NO/c1-2-9-5(10)4-3-6(4,7)8/h4H,1-3H2,(H,9,10). The largest absolute Gasteiger partial charge is 0.356 e. The van der Waals surface area contributed by atoms with Crippen LogP contribution in [0.25, 0.3) is 0 Å². The highest BCUT2D eigenvalue weighted by Gasteiger charge is 2.61. The third-order valence-corrected chi connectivity index (χ3v) is 1.44. The molecule has 2 nitrogen and oxygen atoms in total. The number of amides is 1. The molecule has 0 aliphatic heterocycles. The van der Waals surface area contributed by atoms with Crippen LogP contribution in [0.3, 0.4) is 0 Å². The summed E-state index contributed by atoms with van der Waals surface area (Å²) >= 11 is 0. The molecule has 0 aromatic rings. The van der Waals surface area contributed by atoms with Gasteiger partial charge in [-0.15, -0.1) is 0 Å². The average Bonchev–Trinajstić information content (AvgIpc) is 2.41. The summed E-state index contributed by atoms with van der Waals surface area (Å²) in [6, 6.07) is 0. The maximum absolute atomic E-state index is 12.1. The predicted octanol–water partition coefficient (Wildman–Crippen LogP) is 0.592. The minimum atomic E-state index is -2.75. The lowest BCUT2D eigenvalue weighted by Crippen LogP contribution is -2.26. The van der Waals surface area contributed by atoms with Gasteiger partial charge in [0.25, 0.3) is 5.92 Å². The molecule has 0 aromatic carbocycles. The molecule has 0 saturated heterocycles. The van der Waals surface area contributed by atoms with E-state index in [4.69, 9.17) is 0 Å². The van der Waals surface area contributed by atoms with Gasteiger partial charge in [0.2, 0.25) is 5.91 Å². The van der Waals surface area contributed by atoms with Gasteiger partial charge in [-0.3, -0.25) is 4.79 Å². The van der Waals surface area contributed by atoms with Crippen LogP contribution >= 0.6 is 0 Å². The van der Waals surface area contributed by atoms with Crippen molar-refractivity contribution >= 4 is 5.91 Å². The molecule has 0 spiro atoms. The van der Waals surface area contributed by atoms with Crippen molar-refractivity contribution in [2.45, 2.75) is 12.3 Å². The number of hydrogen-bond acceptors (Lipinski definition) is 1. The lowest BCUT2D eigenvalue weighted by molar-refractivity contribution is -0.124. The lowest BCUT2D eigenvalue weighted by atomic mass is 10.4. The van der Waals surface area contributed by atoms with E-state index >= 15 is 0 Å². The van der Waals surface area contributed by atoms with Crippen LogP contribution in [-0.2, 0) is 4.79 Å².